The molecule has 0 aromatic heterocycles. The maximum Gasteiger partial charge on any atom is 0.243 e. The van der Waals surface area contributed by atoms with E-state index >= 15 is 0 Å². The predicted molar refractivity (Wildman–Crippen MR) is 110 cm³/mol. The molecule has 0 spiro atoms. The quantitative estimate of drug-likeness (QED) is 0.530. The molecule has 1 N–H and O–H groups in total. The number of halogens is 1. The molecule has 0 saturated heterocycles. The third kappa shape index (κ3) is 4.42. The van der Waals surface area contributed by atoms with Crippen LogP contribution in [0.2, 0.25) is 0 Å². The van der Waals surface area contributed by atoms with Crippen molar-refractivity contribution in [2.24, 2.45) is 11.0 Å². The summed E-state index contributed by atoms with van der Waals surface area (Å²) in [6, 6.07) is 16.6. The van der Waals surface area contributed by atoms with Crippen molar-refractivity contribution >= 4 is 27.5 Å². The number of nitrogens with zero attached hydrogens (tertiary/aromatic N) is 1. The number of hydrogen-bond donors (Lipinski definition) is 1. The van der Waals surface area contributed by atoms with Gasteiger partial charge in [0.2, 0.25) is 5.91 Å². The molecule has 1 aliphatic carbocycles. The van der Waals surface area contributed by atoms with E-state index < -0.39 is 0 Å². The Bertz CT molecular complexity index is 834. The van der Waals surface area contributed by atoms with Gasteiger partial charge in [0, 0.05) is 10.4 Å². The standard InChI is InChI=1S/C22H25BrN2O/c1-14(16-6-5-7-18(23)12-16)24-25-21(26)20-13-19(20)15-8-10-17(11-9-15)22(2,3)4/h5-12,19-20H,13H2,1-4H3,(H,25,26)/b24-14+/t19-,20+/m1/s1. The molecule has 0 heterocycles. The number of benzene rings is 2. The first-order chi connectivity index (χ1) is 12.3. The summed E-state index contributed by atoms with van der Waals surface area (Å²) in [4.78, 5) is 12.4. The van der Waals surface area contributed by atoms with E-state index in [9.17, 15) is 4.79 Å². The zero-order chi connectivity index (χ0) is 18.9. The van der Waals surface area contributed by atoms with Gasteiger partial charge < -0.3 is 0 Å². The Kier molecular flexibility index (Phi) is 5.33. The minimum atomic E-state index is 0.00393. The first-order valence-corrected chi connectivity index (χ1v) is 9.75. The Hall–Kier alpha value is -1.94. The van der Waals surface area contributed by atoms with Gasteiger partial charge in [-0.15, -0.1) is 0 Å². The molecule has 2 aromatic carbocycles. The molecule has 2 atom stereocenters. The minimum Gasteiger partial charge on any atom is -0.273 e. The van der Waals surface area contributed by atoms with E-state index in [1.807, 2.05) is 31.2 Å². The molecule has 1 fully saturated rings. The van der Waals surface area contributed by atoms with Gasteiger partial charge in [-0.2, -0.15) is 5.10 Å². The van der Waals surface area contributed by atoms with Gasteiger partial charge in [-0.1, -0.05) is 73.1 Å². The first-order valence-electron chi connectivity index (χ1n) is 8.96. The van der Waals surface area contributed by atoms with Crippen LogP contribution in [-0.4, -0.2) is 11.6 Å². The van der Waals surface area contributed by atoms with E-state index in [2.05, 4.69) is 71.5 Å². The van der Waals surface area contributed by atoms with E-state index in [-0.39, 0.29) is 17.2 Å². The van der Waals surface area contributed by atoms with Gasteiger partial charge in [0.25, 0.3) is 0 Å². The largest absolute Gasteiger partial charge is 0.273 e. The lowest BCUT2D eigenvalue weighted by Crippen LogP contribution is -2.21. The third-order valence-corrected chi connectivity index (χ3v) is 5.40. The van der Waals surface area contributed by atoms with E-state index in [0.717, 1.165) is 22.2 Å². The molecule has 3 rings (SSSR count). The molecule has 0 unspecified atom stereocenters. The molecule has 0 bridgehead atoms. The zero-order valence-electron chi connectivity index (χ0n) is 15.7. The van der Waals surface area contributed by atoms with Gasteiger partial charge in [-0.05, 0) is 53.5 Å². The molecule has 136 valence electrons. The highest BCUT2D eigenvalue weighted by Crippen LogP contribution is 2.47. The van der Waals surface area contributed by atoms with Gasteiger partial charge in [0.1, 0.15) is 0 Å². The van der Waals surface area contributed by atoms with E-state index in [1.54, 1.807) is 0 Å². The Labute approximate surface area is 164 Å². The van der Waals surface area contributed by atoms with Crippen molar-refractivity contribution in [2.45, 2.75) is 45.4 Å². The maximum atomic E-state index is 12.4. The fourth-order valence-electron chi connectivity index (χ4n) is 3.08. The van der Waals surface area contributed by atoms with Crippen LogP contribution < -0.4 is 5.43 Å². The van der Waals surface area contributed by atoms with Crippen LogP contribution in [0.5, 0.6) is 0 Å². The summed E-state index contributed by atoms with van der Waals surface area (Å²) in [5.74, 6) is 0.337. The number of nitrogens with one attached hydrogen (secondary N) is 1. The van der Waals surface area contributed by atoms with Crippen LogP contribution >= 0.6 is 15.9 Å². The third-order valence-electron chi connectivity index (χ3n) is 4.91. The van der Waals surface area contributed by atoms with Crippen LogP contribution in [0, 0.1) is 5.92 Å². The summed E-state index contributed by atoms with van der Waals surface area (Å²) in [6.07, 6.45) is 0.895. The van der Waals surface area contributed by atoms with Gasteiger partial charge in [0.05, 0.1) is 5.71 Å². The molecule has 0 radical (unpaired) electrons. The number of hydrogen-bond acceptors (Lipinski definition) is 2. The number of carbonyl (C=O) groups excluding carboxylic acids is 1. The average Bonchev–Trinajstić information content (AvgIpc) is 3.39. The number of hydrazone groups is 1. The number of carbonyl (C=O) groups is 1. The molecule has 26 heavy (non-hydrogen) atoms. The average molecular weight is 413 g/mol. The second-order valence-electron chi connectivity index (χ2n) is 8.00. The normalized spacial score (nSPS) is 20.0. The molecule has 1 saturated carbocycles. The van der Waals surface area contributed by atoms with Crippen molar-refractivity contribution in [1.29, 1.82) is 0 Å². The summed E-state index contributed by atoms with van der Waals surface area (Å²) < 4.78 is 0.997. The highest BCUT2D eigenvalue weighted by Gasteiger charge is 2.44. The van der Waals surface area contributed by atoms with Gasteiger partial charge >= 0.3 is 0 Å². The first kappa shape index (κ1) is 18.8. The molecule has 3 nitrogen and oxygen atoms in total. The highest BCUT2D eigenvalue weighted by atomic mass is 79.9. The van der Waals surface area contributed by atoms with E-state index in [1.165, 1.54) is 11.1 Å². The summed E-state index contributed by atoms with van der Waals surface area (Å²) in [6.45, 7) is 8.53. The highest BCUT2D eigenvalue weighted by molar-refractivity contribution is 9.10. The van der Waals surface area contributed by atoms with Crippen LogP contribution in [0.3, 0.4) is 0 Å². The minimum absolute atomic E-state index is 0.00393. The second-order valence-corrected chi connectivity index (χ2v) is 8.92. The lowest BCUT2D eigenvalue weighted by atomic mass is 9.86. The van der Waals surface area contributed by atoms with Crippen molar-refractivity contribution in [3.8, 4) is 0 Å². The van der Waals surface area contributed by atoms with Crippen molar-refractivity contribution < 1.29 is 4.79 Å². The van der Waals surface area contributed by atoms with Crippen LogP contribution in [0.4, 0.5) is 0 Å². The number of amides is 1. The fourth-order valence-corrected chi connectivity index (χ4v) is 3.48. The van der Waals surface area contributed by atoms with Crippen molar-refractivity contribution in [2.75, 3.05) is 0 Å². The van der Waals surface area contributed by atoms with Crippen LogP contribution in [0.15, 0.2) is 58.1 Å². The Morgan fingerprint density at radius 3 is 2.46 bits per heavy atom. The van der Waals surface area contributed by atoms with Gasteiger partial charge in [-0.3, -0.25) is 4.79 Å². The van der Waals surface area contributed by atoms with Crippen molar-refractivity contribution in [1.82, 2.24) is 5.43 Å². The molecule has 4 heteroatoms. The molecule has 1 amide bonds. The molecule has 1 aliphatic rings. The Morgan fingerprint density at radius 2 is 1.85 bits per heavy atom. The van der Waals surface area contributed by atoms with Gasteiger partial charge in [-0.25, -0.2) is 5.43 Å². The lowest BCUT2D eigenvalue weighted by molar-refractivity contribution is -0.122. The summed E-state index contributed by atoms with van der Waals surface area (Å²) in [5, 5.41) is 4.27. The molecule has 0 aliphatic heterocycles. The Morgan fingerprint density at radius 1 is 1.15 bits per heavy atom. The predicted octanol–water partition coefficient (Wildman–Crippen LogP) is 5.39. The molecule has 2 aromatic rings. The van der Waals surface area contributed by atoms with Crippen molar-refractivity contribution in [3.63, 3.8) is 0 Å². The monoisotopic (exact) mass is 412 g/mol. The van der Waals surface area contributed by atoms with Crippen molar-refractivity contribution in [3.05, 3.63) is 69.7 Å². The van der Waals surface area contributed by atoms with E-state index in [4.69, 9.17) is 0 Å². The second kappa shape index (κ2) is 7.36. The zero-order valence-corrected chi connectivity index (χ0v) is 17.3. The van der Waals surface area contributed by atoms with E-state index in [0.29, 0.717) is 5.92 Å². The molecular weight excluding hydrogens is 388 g/mol. The smallest absolute Gasteiger partial charge is 0.243 e. The summed E-state index contributed by atoms with van der Waals surface area (Å²) in [7, 11) is 0. The maximum absolute atomic E-state index is 12.4. The Balaban J connectivity index is 1.60. The van der Waals surface area contributed by atoms with Crippen LogP contribution in [0.25, 0.3) is 0 Å². The lowest BCUT2D eigenvalue weighted by Gasteiger charge is -2.19. The van der Waals surface area contributed by atoms with Crippen LogP contribution in [-0.2, 0) is 10.2 Å². The number of rotatable bonds is 4. The topological polar surface area (TPSA) is 41.5 Å². The summed E-state index contributed by atoms with van der Waals surface area (Å²) >= 11 is 3.45. The van der Waals surface area contributed by atoms with Crippen LogP contribution in [0.1, 0.15) is 56.7 Å². The SMILES string of the molecule is C/C(=N\NC(=O)[C@H]1C[C@@H]1c1ccc(C(C)(C)C)cc1)c1cccc(Br)c1. The van der Waals surface area contributed by atoms with Gasteiger partial charge in [0.15, 0.2) is 0 Å². The fraction of sp³-hybridized carbons (Fsp3) is 0.364. The summed E-state index contributed by atoms with van der Waals surface area (Å²) in [5.41, 5.74) is 7.23. The molecular formula is C22H25BrN2O.